The third-order valence-electron chi connectivity index (χ3n) is 12.9. The maximum atomic E-state index is 2.45. The molecule has 0 saturated heterocycles. The van der Waals surface area contributed by atoms with Gasteiger partial charge in [0.1, 0.15) is 0 Å². The molecule has 0 aliphatic carbocycles. The molecule has 0 spiro atoms. The molecule has 0 aliphatic rings. The molecular weight excluding hydrogens is 797 g/mol. The van der Waals surface area contributed by atoms with Crippen LogP contribution in [0.2, 0.25) is 0 Å². The molecule has 12 rings (SSSR count). The Bertz CT molecular complexity index is 3590. The van der Waals surface area contributed by atoms with Crippen LogP contribution in [0.5, 0.6) is 0 Å². The van der Waals surface area contributed by atoms with Crippen LogP contribution in [0.1, 0.15) is 0 Å². The van der Waals surface area contributed by atoms with Crippen molar-refractivity contribution in [2.45, 2.75) is 0 Å². The van der Waals surface area contributed by atoms with E-state index < -0.39 is 0 Å². The van der Waals surface area contributed by atoms with Crippen molar-refractivity contribution in [2.75, 3.05) is 4.90 Å². The Morgan fingerprint density at radius 3 is 1.33 bits per heavy atom. The number of rotatable bonds is 9. The van der Waals surface area contributed by atoms with Gasteiger partial charge in [-0.25, -0.2) is 0 Å². The van der Waals surface area contributed by atoms with Crippen LogP contribution in [-0.2, 0) is 0 Å². The van der Waals surface area contributed by atoms with Crippen LogP contribution in [-0.4, -0.2) is 4.57 Å². The highest BCUT2D eigenvalue weighted by molar-refractivity contribution is 6.24. The summed E-state index contributed by atoms with van der Waals surface area (Å²) in [5.41, 5.74) is 18.6. The van der Waals surface area contributed by atoms with Gasteiger partial charge in [0.25, 0.3) is 0 Å². The summed E-state index contributed by atoms with van der Waals surface area (Å²) >= 11 is 0. The highest BCUT2D eigenvalue weighted by Gasteiger charge is 2.21. The van der Waals surface area contributed by atoms with Crippen molar-refractivity contribution in [2.24, 2.45) is 0 Å². The molecule has 0 N–H and O–H groups in total. The summed E-state index contributed by atoms with van der Waals surface area (Å²) in [6, 6.07) is 97.0. The minimum atomic E-state index is 1.07. The average molecular weight is 841 g/mol. The van der Waals surface area contributed by atoms with Gasteiger partial charge >= 0.3 is 0 Å². The first-order chi connectivity index (χ1) is 32.7. The summed E-state index contributed by atoms with van der Waals surface area (Å²) in [6.07, 6.45) is 0. The first-order valence-electron chi connectivity index (χ1n) is 22.7. The van der Waals surface area contributed by atoms with E-state index in [1.807, 2.05) is 0 Å². The van der Waals surface area contributed by atoms with Crippen molar-refractivity contribution in [1.29, 1.82) is 0 Å². The molecule has 1 aromatic heterocycles. The number of nitrogens with zero attached hydrogens (tertiary/aromatic N) is 2. The predicted octanol–water partition coefficient (Wildman–Crippen LogP) is 17.7. The third kappa shape index (κ3) is 7.12. The van der Waals surface area contributed by atoms with Gasteiger partial charge in [0, 0.05) is 38.9 Å². The van der Waals surface area contributed by atoms with E-state index in [0.717, 1.165) is 39.4 Å². The van der Waals surface area contributed by atoms with Crippen LogP contribution in [0.3, 0.4) is 0 Å². The monoisotopic (exact) mass is 840 g/mol. The molecular formula is C64H44N2. The summed E-state index contributed by atoms with van der Waals surface area (Å²) in [6.45, 7) is 0. The summed E-state index contributed by atoms with van der Waals surface area (Å²) in [7, 11) is 0. The van der Waals surface area contributed by atoms with Gasteiger partial charge < -0.3 is 9.47 Å². The maximum absolute atomic E-state index is 2.45. The van der Waals surface area contributed by atoms with Gasteiger partial charge in [-0.15, -0.1) is 0 Å². The first kappa shape index (κ1) is 38.9. The zero-order valence-corrected chi connectivity index (χ0v) is 36.3. The lowest BCUT2D eigenvalue weighted by atomic mass is 9.94. The van der Waals surface area contributed by atoms with Gasteiger partial charge in [-0.2, -0.15) is 0 Å². The van der Waals surface area contributed by atoms with E-state index >= 15 is 0 Å². The molecule has 11 aromatic carbocycles. The van der Waals surface area contributed by atoms with Crippen molar-refractivity contribution >= 4 is 49.6 Å². The minimum Gasteiger partial charge on any atom is -0.310 e. The Labute approximate surface area is 385 Å². The summed E-state index contributed by atoms with van der Waals surface area (Å²) in [4.78, 5) is 2.43. The molecule has 0 fully saturated rings. The molecule has 0 radical (unpaired) electrons. The molecule has 2 heteroatoms. The molecule has 1 heterocycles. The van der Waals surface area contributed by atoms with Crippen molar-refractivity contribution in [3.8, 4) is 61.3 Å². The van der Waals surface area contributed by atoms with Crippen LogP contribution >= 0.6 is 0 Å². The van der Waals surface area contributed by atoms with Gasteiger partial charge in [-0.3, -0.25) is 0 Å². The fourth-order valence-electron chi connectivity index (χ4n) is 9.79. The van der Waals surface area contributed by atoms with Crippen LogP contribution in [0, 0.1) is 0 Å². The van der Waals surface area contributed by atoms with E-state index in [2.05, 4.69) is 276 Å². The van der Waals surface area contributed by atoms with Crippen LogP contribution in [0.15, 0.2) is 267 Å². The second-order valence-corrected chi connectivity index (χ2v) is 16.9. The largest absolute Gasteiger partial charge is 0.310 e. The smallest absolute Gasteiger partial charge is 0.0625 e. The molecule has 0 saturated carbocycles. The van der Waals surface area contributed by atoms with Crippen molar-refractivity contribution in [3.05, 3.63) is 267 Å². The van der Waals surface area contributed by atoms with Gasteiger partial charge in [-0.05, 0) is 128 Å². The molecule has 12 aromatic rings. The summed E-state index contributed by atoms with van der Waals surface area (Å²) < 4.78 is 2.45. The Morgan fingerprint density at radius 1 is 0.273 bits per heavy atom. The molecule has 0 aliphatic heterocycles. The number of hydrogen-bond donors (Lipinski definition) is 0. The average Bonchev–Trinajstić information content (AvgIpc) is 3.75. The molecule has 0 bridgehead atoms. The quantitative estimate of drug-likeness (QED) is 0.141. The highest BCUT2D eigenvalue weighted by Crippen LogP contribution is 2.45. The van der Waals surface area contributed by atoms with Crippen molar-refractivity contribution < 1.29 is 0 Å². The van der Waals surface area contributed by atoms with Gasteiger partial charge in [0.05, 0.1) is 11.0 Å². The van der Waals surface area contributed by atoms with Gasteiger partial charge in [0.2, 0.25) is 0 Å². The Morgan fingerprint density at radius 2 is 0.727 bits per heavy atom. The fraction of sp³-hybridized carbons (Fsp3) is 0. The number of benzene rings is 11. The Hall–Kier alpha value is -8.72. The normalized spacial score (nSPS) is 11.3. The number of aromatic nitrogens is 1. The van der Waals surface area contributed by atoms with Crippen molar-refractivity contribution in [3.63, 3.8) is 0 Å². The molecule has 310 valence electrons. The third-order valence-corrected chi connectivity index (χ3v) is 12.9. The number of anilines is 3. The van der Waals surface area contributed by atoms with E-state index in [1.54, 1.807) is 0 Å². The topological polar surface area (TPSA) is 8.17 Å². The number of hydrogen-bond acceptors (Lipinski definition) is 1. The molecule has 0 amide bonds. The van der Waals surface area contributed by atoms with Crippen molar-refractivity contribution in [1.82, 2.24) is 4.57 Å². The molecule has 2 nitrogen and oxygen atoms in total. The zero-order valence-electron chi connectivity index (χ0n) is 36.3. The lowest BCUT2D eigenvalue weighted by Crippen LogP contribution is -2.10. The van der Waals surface area contributed by atoms with Crippen LogP contribution in [0.4, 0.5) is 17.1 Å². The van der Waals surface area contributed by atoms with Crippen LogP contribution in [0.25, 0.3) is 93.9 Å². The standard InChI is InChI=1S/C64H44N2/c1-5-18-45(19-6-1)48-32-34-49(35-33-48)50-36-38-56(39-37-50)65(58-42-53(46-20-7-2-8-21-46)40-54(43-58)47-22-9-3-10-23-47)57-28-17-25-51(41-57)61-44-52-24-13-14-29-59(52)64-63(61)60-30-15-16-31-62(60)66(64)55-26-11-4-12-27-55/h1-44H. The van der Waals surface area contributed by atoms with Gasteiger partial charge in [0.15, 0.2) is 0 Å². The molecule has 0 unspecified atom stereocenters. The van der Waals surface area contributed by atoms with E-state index in [0.29, 0.717) is 0 Å². The SMILES string of the molecule is c1ccc(-c2ccc(-c3ccc(N(c4cc(-c5ccccc5)cc(-c5ccccc5)c4)c4cccc(-c5cc6ccccc6c6c5c5ccccc5n6-c5ccccc5)c4)cc3)cc2)cc1. The highest BCUT2D eigenvalue weighted by atomic mass is 15.1. The predicted molar refractivity (Wildman–Crippen MR) is 280 cm³/mol. The Kier molecular flexibility index (Phi) is 9.89. The second-order valence-electron chi connectivity index (χ2n) is 16.9. The summed E-state index contributed by atoms with van der Waals surface area (Å²) in [5.74, 6) is 0. The van der Waals surface area contributed by atoms with Crippen LogP contribution < -0.4 is 4.90 Å². The zero-order chi connectivity index (χ0) is 43.8. The Balaban J connectivity index is 1.06. The lowest BCUT2D eigenvalue weighted by molar-refractivity contribution is 1.19. The maximum Gasteiger partial charge on any atom is 0.0625 e. The van der Waals surface area contributed by atoms with E-state index in [9.17, 15) is 0 Å². The molecule has 66 heavy (non-hydrogen) atoms. The van der Waals surface area contributed by atoms with E-state index in [1.165, 1.54) is 71.5 Å². The lowest BCUT2D eigenvalue weighted by Gasteiger charge is -2.28. The molecule has 0 atom stereocenters. The minimum absolute atomic E-state index is 1.07. The number of para-hydroxylation sites is 2. The second kappa shape index (κ2) is 16.8. The van der Waals surface area contributed by atoms with E-state index in [-0.39, 0.29) is 0 Å². The number of fused-ring (bicyclic) bond motifs is 5. The van der Waals surface area contributed by atoms with E-state index in [4.69, 9.17) is 0 Å². The summed E-state index contributed by atoms with van der Waals surface area (Å²) in [5, 5.41) is 4.92. The fourth-order valence-corrected chi connectivity index (χ4v) is 9.79. The first-order valence-corrected chi connectivity index (χ1v) is 22.7. The van der Waals surface area contributed by atoms with Gasteiger partial charge in [-0.1, -0.05) is 200 Å².